The van der Waals surface area contributed by atoms with Crippen LogP contribution >= 0.6 is 0 Å². The van der Waals surface area contributed by atoms with Crippen LogP contribution in [0.15, 0.2) is 24.3 Å². The summed E-state index contributed by atoms with van der Waals surface area (Å²) in [5.41, 5.74) is 0.859. The normalized spacial score (nSPS) is 14.7. The number of methoxy groups -OCH3 is 1. The quantitative estimate of drug-likeness (QED) is 0.809. The fourth-order valence-electron chi connectivity index (χ4n) is 1.15. The summed E-state index contributed by atoms with van der Waals surface area (Å²) in [7, 11) is 1.65. The van der Waals surface area contributed by atoms with Gasteiger partial charge in [-0.05, 0) is 31.5 Å². The SMILES string of the molecule is COC(C)COc1cccc([C@@H](C)O)c1. The Bertz CT molecular complexity index is 297. The minimum atomic E-state index is -0.464. The molecule has 3 nitrogen and oxygen atoms in total. The molecule has 0 aliphatic carbocycles. The third-order valence-electron chi connectivity index (χ3n) is 2.23. The third-order valence-corrected chi connectivity index (χ3v) is 2.23. The smallest absolute Gasteiger partial charge is 0.119 e. The Morgan fingerprint density at radius 3 is 2.67 bits per heavy atom. The molecule has 0 saturated heterocycles. The van der Waals surface area contributed by atoms with Gasteiger partial charge in [0.1, 0.15) is 12.4 Å². The third kappa shape index (κ3) is 3.90. The first-order valence-electron chi connectivity index (χ1n) is 5.07. The lowest BCUT2D eigenvalue weighted by molar-refractivity contribution is 0.0715. The van der Waals surface area contributed by atoms with Crippen molar-refractivity contribution in [1.82, 2.24) is 0 Å². The van der Waals surface area contributed by atoms with Crippen LogP contribution in [0, 0.1) is 0 Å². The largest absolute Gasteiger partial charge is 0.491 e. The molecule has 1 rings (SSSR count). The first-order valence-corrected chi connectivity index (χ1v) is 5.07. The number of aliphatic hydroxyl groups is 1. The summed E-state index contributed by atoms with van der Waals surface area (Å²) in [4.78, 5) is 0. The molecule has 0 fully saturated rings. The molecule has 0 radical (unpaired) electrons. The fraction of sp³-hybridized carbons (Fsp3) is 0.500. The van der Waals surface area contributed by atoms with Crippen molar-refractivity contribution >= 4 is 0 Å². The van der Waals surface area contributed by atoms with Gasteiger partial charge in [0.2, 0.25) is 0 Å². The van der Waals surface area contributed by atoms with Gasteiger partial charge in [0, 0.05) is 7.11 Å². The van der Waals surface area contributed by atoms with E-state index in [-0.39, 0.29) is 6.10 Å². The zero-order chi connectivity index (χ0) is 11.3. The number of rotatable bonds is 5. The molecule has 0 heterocycles. The van der Waals surface area contributed by atoms with Crippen LogP contribution in [0.5, 0.6) is 5.75 Å². The van der Waals surface area contributed by atoms with Crippen molar-refractivity contribution in [2.45, 2.75) is 26.1 Å². The summed E-state index contributed by atoms with van der Waals surface area (Å²) >= 11 is 0. The van der Waals surface area contributed by atoms with Crippen molar-refractivity contribution in [3.05, 3.63) is 29.8 Å². The van der Waals surface area contributed by atoms with Crippen LogP contribution in [0.4, 0.5) is 0 Å². The lowest BCUT2D eigenvalue weighted by atomic mass is 10.1. The van der Waals surface area contributed by atoms with E-state index < -0.39 is 6.10 Å². The molecule has 3 heteroatoms. The van der Waals surface area contributed by atoms with Crippen molar-refractivity contribution in [2.24, 2.45) is 0 Å². The van der Waals surface area contributed by atoms with Gasteiger partial charge in [0.25, 0.3) is 0 Å². The van der Waals surface area contributed by atoms with E-state index in [1.165, 1.54) is 0 Å². The van der Waals surface area contributed by atoms with Crippen LogP contribution in [0.25, 0.3) is 0 Å². The van der Waals surface area contributed by atoms with E-state index in [0.29, 0.717) is 6.61 Å². The monoisotopic (exact) mass is 210 g/mol. The van der Waals surface area contributed by atoms with Crippen molar-refractivity contribution in [3.8, 4) is 5.75 Å². The van der Waals surface area contributed by atoms with Crippen LogP contribution in [0.1, 0.15) is 25.5 Å². The predicted octanol–water partition coefficient (Wildman–Crippen LogP) is 2.15. The number of hydrogen-bond acceptors (Lipinski definition) is 3. The molecule has 0 aliphatic heterocycles. The van der Waals surface area contributed by atoms with Gasteiger partial charge in [-0.3, -0.25) is 0 Å². The number of aliphatic hydroxyl groups excluding tert-OH is 1. The summed E-state index contributed by atoms with van der Waals surface area (Å²) in [6.07, 6.45) is -0.395. The van der Waals surface area contributed by atoms with Gasteiger partial charge >= 0.3 is 0 Å². The van der Waals surface area contributed by atoms with E-state index in [2.05, 4.69) is 0 Å². The van der Waals surface area contributed by atoms with Crippen LogP contribution in [0.2, 0.25) is 0 Å². The topological polar surface area (TPSA) is 38.7 Å². The summed E-state index contributed by atoms with van der Waals surface area (Å²) in [5.74, 6) is 0.761. The zero-order valence-electron chi connectivity index (χ0n) is 9.43. The molecule has 1 aromatic rings. The Kier molecular flexibility index (Phi) is 4.59. The summed E-state index contributed by atoms with van der Waals surface area (Å²) in [5, 5.41) is 9.39. The average molecular weight is 210 g/mol. The first kappa shape index (κ1) is 12.0. The molecule has 0 saturated carbocycles. The zero-order valence-corrected chi connectivity index (χ0v) is 9.43. The molecule has 0 amide bonds. The van der Waals surface area contributed by atoms with E-state index >= 15 is 0 Å². The van der Waals surface area contributed by atoms with E-state index in [4.69, 9.17) is 9.47 Å². The lowest BCUT2D eigenvalue weighted by Crippen LogP contribution is -2.15. The molecule has 0 spiro atoms. The van der Waals surface area contributed by atoms with E-state index in [1.807, 2.05) is 31.2 Å². The standard InChI is InChI=1S/C12H18O3/c1-9(14-3)8-15-12-6-4-5-11(7-12)10(2)13/h4-7,9-10,13H,8H2,1-3H3/t9?,10-/m1/s1. The Balaban J connectivity index is 2.58. The molecule has 0 bridgehead atoms. The van der Waals surface area contributed by atoms with Gasteiger partial charge in [-0.2, -0.15) is 0 Å². The van der Waals surface area contributed by atoms with Crippen molar-refractivity contribution in [2.75, 3.05) is 13.7 Å². The highest BCUT2D eigenvalue weighted by Crippen LogP contribution is 2.18. The molecule has 1 aromatic carbocycles. The Morgan fingerprint density at radius 1 is 1.33 bits per heavy atom. The second-order valence-corrected chi connectivity index (χ2v) is 3.61. The maximum atomic E-state index is 9.39. The maximum Gasteiger partial charge on any atom is 0.119 e. The van der Waals surface area contributed by atoms with E-state index in [0.717, 1.165) is 11.3 Å². The van der Waals surface area contributed by atoms with Crippen molar-refractivity contribution < 1.29 is 14.6 Å². The highest BCUT2D eigenvalue weighted by molar-refractivity contribution is 5.29. The minimum absolute atomic E-state index is 0.0696. The van der Waals surface area contributed by atoms with Gasteiger partial charge in [0.15, 0.2) is 0 Å². The Labute approximate surface area is 90.6 Å². The molecular weight excluding hydrogens is 192 g/mol. The van der Waals surface area contributed by atoms with Crippen LogP contribution in [-0.4, -0.2) is 24.9 Å². The van der Waals surface area contributed by atoms with E-state index in [9.17, 15) is 5.11 Å². The number of hydrogen-bond donors (Lipinski definition) is 1. The first-order chi connectivity index (χ1) is 7.13. The molecule has 1 N–H and O–H groups in total. The van der Waals surface area contributed by atoms with Gasteiger partial charge in [-0.25, -0.2) is 0 Å². The van der Waals surface area contributed by atoms with Gasteiger partial charge in [-0.1, -0.05) is 12.1 Å². The van der Waals surface area contributed by atoms with Gasteiger partial charge in [0.05, 0.1) is 12.2 Å². The highest BCUT2D eigenvalue weighted by Gasteiger charge is 2.04. The molecule has 15 heavy (non-hydrogen) atoms. The van der Waals surface area contributed by atoms with Gasteiger partial charge in [-0.15, -0.1) is 0 Å². The van der Waals surface area contributed by atoms with Crippen molar-refractivity contribution in [1.29, 1.82) is 0 Å². The predicted molar refractivity (Wildman–Crippen MR) is 59.0 cm³/mol. The molecule has 0 aliphatic rings. The minimum Gasteiger partial charge on any atom is -0.491 e. The molecule has 2 atom stereocenters. The Morgan fingerprint density at radius 2 is 2.07 bits per heavy atom. The summed E-state index contributed by atoms with van der Waals surface area (Å²) in [6, 6.07) is 7.45. The second kappa shape index (κ2) is 5.73. The van der Waals surface area contributed by atoms with Crippen LogP contribution in [-0.2, 0) is 4.74 Å². The average Bonchev–Trinajstić information content (AvgIpc) is 2.26. The van der Waals surface area contributed by atoms with E-state index in [1.54, 1.807) is 14.0 Å². The fourth-order valence-corrected chi connectivity index (χ4v) is 1.15. The van der Waals surface area contributed by atoms with Crippen LogP contribution in [0.3, 0.4) is 0 Å². The highest BCUT2D eigenvalue weighted by atomic mass is 16.5. The lowest BCUT2D eigenvalue weighted by Gasteiger charge is -2.12. The van der Waals surface area contributed by atoms with Gasteiger partial charge < -0.3 is 14.6 Å². The molecule has 84 valence electrons. The maximum absolute atomic E-state index is 9.39. The molecule has 1 unspecified atom stereocenters. The number of ether oxygens (including phenoxy) is 2. The summed E-state index contributed by atoms with van der Waals surface area (Å²) in [6.45, 7) is 4.19. The molecular formula is C12H18O3. The Hall–Kier alpha value is -1.06. The van der Waals surface area contributed by atoms with Crippen molar-refractivity contribution in [3.63, 3.8) is 0 Å². The number of benzene rings is 1. The van der Waals surface area contributed by atoms with Crippen LogP contribution < -0.4 is 4.74 Å². The molecule has 0 aromatic heterocycles. The second-order valence-electron chi connectivity index (χ2n) is 3.61. The summed E-state index contributed by atoms with van der Waals surface area (Å²) < 4.78 is 10.6.